The van der Waals surface area contributed by atoms with Crippen LogP contribution in [0.5, 0.6) is 0 Å². The highest BCUT2D eigenvalue weighted by atomic mass is 32.2. The van der Waals surface area contributed by atoms with Crippen LogP contribution in [0.1, 0.15) is 21.5 Å². The summed E-state index contributed by atoms with van der Waals surface area (Å²) in [5.41, 5.74) is 1.44. The Morgan fingerprint density at radius 2 is 1.80 bits per heavy atom. The van der Waals surface area contributed by atoms with Crippen molar-refractivity contribution >= 4 is 17.7 Å². The van der Waals surface area contributed by atoms with Gasteiger partial charge in [-0.2, -0.15) is 5.26 Å². The van der Waals surface area contributed by atoms with E-state index in [0.717, 1.165) is 22.9 Å². The first kappa shape index (κ1) is 12.8. The summed E-state index contributed by atoms with van der Waals surface area (Å²) in [7, 11) is 0. The van der Waals surface area contributed by atoms with E-state index in [0.29, 0.717) is 11.3 Å². The maximum absolute atomic E-state index is 12.1. The fourth-order valence-electron chi connectivity index (χ4n) is 2.53. The minimum Gasteiger partial charge on any atom is -0.445 e. The van der Waals surface area contributed by atoms with Crippen molar-refractivity contribution in [2.24, 2.45) is 0 Å². The van der Waals surface area contributed by atoms with Gasteiger partial charge in [-0.15, -0.1) is 0 Å². The molecule has 4 heteroatoms. The van der Waals surface area contributed by atoms with Crippen molar-refractivity contribution in [3.05, 3.63) is 71.3 Å². The molecule has 0 amide bonds. The lowest BCUT2D eigenvalue weighted by molar-refractivity contribution is 0.0198. The van der Waals surface area contributed by atoms with Crippen molar-refractivity contribution in [2.45, 2.75) is 5.60 Å². The quantitative estimate of drug-likeness (QED) is 0.639. The molecule has 0 aliphatic carbocycles. The molecular weight excluding hydrogens is 270 g/mol. The molecule has 3 nitrogen and oxygen atoms in total. The molecule has 0 bridgehead atoms. The third-order valence-electron chi connectivity index (χ3n) is 3.43. The van der Waals surface area contributed by atoms with Gasteiger partial charge in [0.1, 0.15) is 5.40 Å². The molecule has 1 atom stereocenters. The van der Waals surface area contributed by atoms with Gasteiger partial charge in [0.15, 0.2) is 5.60 Å². The van der Waals surface area contributed by atoms with Crippen molar-refractivity contribution < 1.29 is 9.53 Å². The number of hydrogen-bond donors (Lipinski definition) is 0. The first-order valence-corrected chi connectivity index (χ1v) is 7.16. The number of thioether (sulfide) groups is 1. The Labute approximate surface area is 121 Å². The lowest BCUT2D eigenvalue weighted by Gasteiger charge is -2.28. The highest BCUT2D eigenvalue weighted by Crippen LogP contribution is 2.43. The number of nitriles is 1. The number of esters is 1. The van der Waals surface area contributed by atoms with Crippen molar-refractivity contribution in [3.63, 3.8) is 0 Å². The second kappa shape index (κ2) is 5.03. The summed E-state index contributed by atoms with van der Waals surface area (Å²) in [5, 5.41) is 10.9. The Hall–Kier alpha value is -2.25. The normalized spacial score (nSPS) is 20.1. The molecule has 1 unspecified atom stereocenters. The van der Waals surface area contributed by atoms with Gasteiger partial charge in [-0.25, -0.2) is 4.79 Å². The van der Waals surface area contributed by atoms with Gasteiger partial charge in [-0.1, -0.05) is 48.5 Å². The Kier molecular flexibility index (Phi) is 3.21. The van der Waals surface area contributed by atoms with Gasteiger partial charge in [0.25, 0.3) is 0 Å². The van der Waals surface area contributed by atoms with Gasteiger partial charge in [0.2, 0.25) is 0 Å². The predicted molar refractivity (Wildman–Crippen MR) is 77.2 cm³/mol. The van der Waals surface area contributed by atoms with E-state index in [-0.39, 0.29) is 5.97 Å². The summed E-state index contributed by atoms with van der Waals surface area (Å²) in [4.78, 5) is 12.1. The molecular formula is C16H11NO2S. The maximum atomic E-state index is 12.1. The second-order valence-corrected chi connectivity index (χ2v) is 5.27. The second-order valence-electron chi connectivity index (χ2n) is 4.51. The van der Waals surface area contributed by atoms with Crippen LogP contribution in [0.4, 0.5) is 0 Å². The van der Waals surface area contributed by atoms with Crippen LogP contribution in [0.25, 0.3) is 0 Å². The lowest BCUT2D eigenvalue weighted by Crippen LogP contribution is -2.30. The van der Waals surface area contributed by atoms with Crippen molar-refractivity contribution in [3.8, 4) is 5.40 Å². The van der Waals surface area contributed by atoms with Gasteiger partial charge in [-0.3, -0.25) is 0 Å². The number of carbonyl (C=O) groups excluding carboxylic acids is 1. The summed E-state index contributed by atoms with van der Waals surface area (Å²) >= 11 is 1.09. The number of nitrogens with zero attached hydrogens (tertiary/aromatic N) is 1. The van der Waals surface area contributed by atoms with E-state index >= 15 is 0 Å². The van der Waals surface area contributed by atoms with E-state index in [1.807, 2.05) is 48.5 Å². The molecule has 3 rings (SSSR count). The van der Waals surface area contributed by atoms with E-state index < -0.39 is 5.60 Å². The van der Waals surface area contributed by atoms with Crippen molar-refractivity contribution in [1.82, 2.24) is 0 Å². The summed E-state index contributed by atoms with van der Waals surface area (Å²) < 4.78 is 5.70. The molecule has 0 saturated heterocycles. The van der Waals surface area contributed by atoms with Gasteiger partial charge < -0.3 is 4.74 Å². The molecule has 0 saturated carbocycles. The van der Waals surface area contributed by atoms with Gasteiger partial charge in [-0.05, 0) is 17.8 Å². The number of carbonyl (C=O) groups is 1. The molecule has 2 aromatic carbocycles. The maximum Gasteiger partial charge on any atom is 0.339 e. The summed E-state index contributed by atoms with van der Waals surface area (Å²) in [6.07, 6.45) is 0. The minimum absolute atomic E-state index is 0.331. The van der Waals surface area contributed by atoms with E-state index in [1.54, 1.807) is 6.07 Å². The van der Waals surface area contributed by atoms with Crippen LogP contribution in [-0.4, -0.2) is 11.7 Å². The zero-order chi connectivity index (χ0) is 14.0. The summed E-state index contributed by atoms with van der Waals surface area (Å²) in [5.74, 6) is 0.0546. The van der Waals surface area contributed by atoms with Crippen molar-refractivity contribution in [2.75, 3.05) is 5.75 Å². The fourth-order valence-corrected chi connectivity index (χ4v) is 3.18. The zero-order valence-electron chi connectivity index (χ0n) is 10.6. The van der Waals surface area contributed by atoms with Crippen molar-refractivity contribution in [1.29, 1.82) is 5.26 Å². The highest BCUT2D eigenvalue weighted by molar-refractivity contribution is 8.03. The SMILES string of the molecule is N#CSCC1(c2ccccc2)OC(=O)c2ccccc21. The number of rotatable bonds is 3. The van der Waals surface area contributed by atoms with Crippen LogP contribution < -0.4 is 0 Å². The first-order valence-electron chi connectivity index (χ1n) is 6.17. The molecule has 0 N–H and O–H groups in total. The number of ether oxygens (including phenoxy) is 1. The van der Waals surface area contributed by atoms with Crippen LogP contribution in [0.15, 0.2) is 54.6 Å². The van der Waals surface area contributed by atoms with Crippen LogP contribution >= 0.6 is 11.8 Å². The first-order chi connectivity index (χ1) is 9.78. The van der Waals surface area contributed by atoms with Crippen LogP contribution in [0.3, 0.4) is 0 Å². The van der Waals surface area contributed by atoms with E-state index in [9.17, 15) is 4.79 Å². The Balaban J connectivity index is 2.19. The summed E-state index contributed by atoms with van der Waals surface area (Å²) in [6.45, 7) is 0. The molecule has 1 aliphatic heterocycles. The topological polar surface area (TPSA) is 50.1 Å². The molecule has 20 heavy (non-hydrogen) atoms. The Morgan fingerprint density at radius 3 is 2.55 bits per heavy atom. The molecule has 2 aromatic rings. The minimum atomic E-state index is -0.866. The number of benzene rings is 2. The van der Waals surface area contributed by atoms with Crippen LogP contribution in [0, 0.1) is 10.7 Å². The monoisotopic (exact) mass is 281 g/mol. The molecule has 0 radical (unpaired) electrons. The van der Waals surface area contributed by atoms with Gasteiger partial charge in [0.05, 0.1) is 11.3 Å². The van der Waals surface area contributed by atoms with E-state index in [2.05, 4.69) is 5.40 Å². The molecule has 1 heterocycles. The number of thiocyanates is 1. The lowest BCUT2D eigenvalue weighted by atomic mass is 9.87. The smallest absolute Gasteiger partial charge is 0.339 e. The van der Waals surface area contributed by atoms with Crippen LogP contribution in [-0.2, 0) is 10.3 Å². The van der Waals surface area contributed by atoms with Gasteiger partial charge in [0, 0.05) is 11.1 Å². The third-order valence-corrected chi connectivity index (χ3v) is 4.11. The highest BCUT2D eigenvalue weighted by Gasteiger charge is 2.46. The number of hydrogen-bond acceptors (Lipinski definition) is 4. The zero-order valence-corrected chi connectivity index (χ0v) is 11.4. The van der Waals surface area contributed by atoms with E-state index in [4.69, 9.17) is 10.00 Å². The fraction of sp³-hybridized carbons (Fsp3) is 0.125. The molecule has 1 aliphatic rings. The number of cyclic esters (lactones) is 1. The molecule has 0 spiro atoms. The third kappa shape index (κ3) is 1.87. The Morgan fingerprint density at radius 1 is 1.10 bits per heavy atom. The van der Waals surface area contributed by atoms with Gasteiger partial charge >= 0.3 is 5.97 Å². The predicted octanol–water partition coefficient (Wildman–Crippen LogP) is 3.31. The standard InChI is InChI=1S/C16H11NO2S/c17-11-20-10-16(12-6-2-1-3-7-12)14-9-5-4-8-13(14)15(18)19-16/h1-9H,10H2. The average molecular weight is 281 g/mol. The van der Waals surface area contributed by atoms with Crippen LogP contribution in [0.2, 0.25) is 0 Å². The number of fused-ring (bicyclic) bond motifs is 1. The molecule has 0 fully saturated rings. The molecule has 0 aromatic heterocycles. The van der Waals surface area contributed by atoms with E-state index in [1.165, 1.54) is 0 Å². The largest absolute Gasteiger partial charge is 0.445 e. The summed E-state index contributed by atoms with van der Waals surface area (Å²) in [6, 6.07) is 16.9. The molecule has 98 valence electrons. The average Bonchev–Trinajstić information content (AvgIpc) is 2.80. The Bertz CT molecular complexity index is 693.